The van der Waals surface area contributed by atoms with E-state index in [1.54, 1.807) is 4.90 Å². The molecule has 0 aliphatic carbocycles. The zero-order valence-electron chi connectivity index (χ0n) is 10.3. The Labute approximate surface area is 109 Å². The van der Waals surface area contributed by atoms with Gasteiger partial charge in [-0.2, -0.15) is 0 Å². The summed E-state index contributed by atoms with van der Waals surface area (Å²) in [7, 11) is 0. The van der Waals surface area contributed by atoms with Gasteiger partial charge in [0.05, 0.1) is 12.1 Å². The Morgan fingerprint density at radius 2 is 2.26 bits per heavy atom. The molecule has 0 spiro atoms. The third-order valence-electron chi connectivity index (χ3n) is 3.53. The lowest BCUT2D eigenvalue weighted by atomic mass is 10.1. The molecule has 1 aliphatic heterocycles. The average molecular weight is 258 g/mol. The quantitative estimate of drug-likeness (QED) is 0.884. The summed E-state index contributed by atoms with van der Waals surface area (Å²) in [5, 5.41) is 9.81. The first kappa shape index (κ1) is 11.8. The van der Waals surface area contributed by atoms with Gasteiger partial charge >= 0.3 is 5.97 Å². The number of hydrogen-bond acceptors (Lipinski definition) is 2. The lowest BCUT2D eigenvalue weighted by Gasteiger charge is -2.17. The van der Waals surface area contributed by atoms with E-state index in [-0.39, 0.29) is 18.2 Å². The topological polar surface area (TPSA) is 73.4 Å². The van der Waals surface area contributed by atoms with Gasteiger partial charge in [-0.1, -0.05) is 6.07 Å². The summed E-state index contributed by atoms with van der Waals surface area (Å²) >= 11 is 0. The zero-order chi connectivity index (χ0) is 13.4. The van der Waals surface area contributed by atoms with E-state index in [1.807, 2.05) is 30.5 Å². The van der Waals surface area contributed by atoms with Gasteiger partial charge in [0.15, 0.2) is 0 Å². The van der Waals surface area contributed by atoms with Gasteiger partial charge in [0.25, 0.3) is 0 Å². The molecule has 0 radical (unpaired) electrons. The number of nitrogens with one attached hydrogen (secondary N) is 1. The molecule has 19 heavy (non-hydrogen) atoms. The van der Waals surface area contributed by atoms with E-state index < -0.39 is 5.97 Å². The van der Waals surface area contributed by atoms with Gasteiger partial charge < -0.3 is 15.0 Å². The van der Waals surface area contributed by atoms with E-state index in [1.165, 1.54) is 0 Å². The average Bonchev–Trinajstić information content (AvgIpc) is 2.94. The Morgan fingerprint density at radius 1 is 1.42 bits per heavy atom. The van der Waals surface area contributed by atoms with Crippen molar-refractivity contribution in [3.63, 3.8) is 0 Å². The van der Waals surface area contributed by atoms with Crippen LogP contribution in [0.1, 0.15) is 12.8 Å². The zero-order valence-corrected chi connectivity index (χ0v) is 10.3. The first-order valence-corrected chi connectivity index (χ1v) is 6.23. The van der Waals surface area contributed by atoms with E-state index in [9.17, 15) is 9.59 Å². The fourth-order valence-electron chi connectivity index (χ4n) is 2.70. The number of H-pyrrole nitrogens is 1. The van der Waals surface area contributed by atoms with E-state index in [4.69, 9.17) is 5.11 Å². The molecule has 1 unspecified atom stereocenters. The highest BCUT2D eigenvalue weighted by atomic mass is 16.4. The van der Waals surface area contributed by atoms with Crippen molar-refractivity contribution in [2.24, 2.45) is 5.92 Å². The van der Waals surface area contributed by atoms with Crippen LogP contribution in [-0.2, 0) is 9.59 Å². The Balaban J connectivity index is 1.92. The van der Waals surface area contributed by atoms with Crippen molar-refractivity contribution in [2.75, 3.05) is 11.4 Å². The molecule has 0 saturated carbocycles. The number of carbonyl (C=O) groups excluding carboxylic acids is 1. The van der Waals surface area contributed by atoms with Crippen LogP contribution in [0.2, 0.25) is 0 Å². The monoisotopic (exact) mass is 258 g/mol. The number of benzene rings is 1. The number of hydrogen-bond donors (Lipinski definition) is 2. The van der Waals surface area contributed by atoms with Gasteiger partial charge in [0, 0.05) is 30.1 Å². The van der Waals surface area contributed by atoms with E-state index >= 15 is 0 Å². The Morgan fingerprint density at radius 3 is 3.05 bits per heavy atom. The molecule has 3 rings (SSSR count). The Kier molecular flexibility index (Phi) is 2.74. The summed E-state index contributed by atoms with van der Waals surface area (Å²) in [6, 6.07) is 7.68. The Hall–Kier alpha value is -2.30. The van der Waals surface area contributed by atoms with Crippen molar-refractivity contribution >= 4 is 28.5 Å². The largest absolute Gasteiger partial charge is 0.481 e. The van der Waals surface area contributed by atoms with E-state index in [0.717, 1.165) is 16.6 Å². The van der Waals surface area contributed by atoms with Crippen LogP contribution in [0.5, 0.6) is 0 Å². The highest BCUT2D eigenvalue weighted by Crippen LogP contribution is 2.32. The van der Waals surface area contributed by atoms with Crippen molar-refractivity contribution in [3.8, 4) is 0 Å². The second-order valence-electron chi connectivity index (χ2n) is 4.89. The maximum Gasteiger partial charge on any atom is 0.303 e. The van der Waals surface area contributed by atoms with Crippen molar-refractivity contribution in [3.05, 3.63) is 30.5 Å². The van der Waals surface area contributed by atoms with Crippen LogP contribution in [-0.4, -0.2) is 28.5 Å². The van der Waals surface area contributed by atoms with Crippen molar-refractivity contribution in [2.45, 2.75) is 12.8 Å². The van der Waals surface area contributed by atoms with Gasteiger partial charge in [-0.15, -0.1) is 0 Å². The summed E-state index contributed by atoms with van der Waals surface area (Å²) in [5.74, 6) is -0.946. The number of aliphatic carboxylic acids is 1. The van der Waals surface area contributed by atoms with Crippen molar-refractivity contribution < 1.29 is 14.7 Å². The molecule has 98 valence electrons. The van der Waals surface area contributed by atoms with E-state index in [0.29, 0.717) is 13.0 Å². The van der Waals surface area contributed by atoms with Gasteiger partial charge in [-0.25, -0.2) is 0 Å². The van der Waals surface area contributed by atoms with Crippen LogP contribution in [0.15, 0.2) is 30.5 Å². The normalized spacial score (nSPS) is 19.3. The second-order valence-corrected chi connectivity index (χ2v) is 4.89. The first-order chi connectivity index (χ1) is 9.15. The molecule has 2 N–H and O–H groups in total. The third-order valence-corrected chi connectivity index (χ3v) is 3.53. The van der Waals surface area contributed by atoms with Crippen LogP contribution in [0.3, 0.4) is 0 Å². The minimum Gasteiger partial charge on any atom is -0.481 e. The SMILES string of the molecule is O=C(O)CC1CC(=O)N(c2cccc3[nH]ccc23)C1. The fraction of sp³-hybridized carbons (Fsp3) is 0.286. The van der Waals surface area contributed by atoms with E-state index in [2.05, 4.69) is 4.98 Å². The predicted molar refractivity (Wildman–Crippen MR) is 71.0 cm³/mol. The number of carboxylic acids is 1. The smallest absolute Gasteiger partial charge is 0.303 e. The first-order valence-electron chi connectivity index (χ1n) is 6.23. The standard InChI is InChI=1S/C14H14N2O3/c17-13-6-9(7-14(18)19)8-16(13)12-3-1-2-11-10(12)4-5-15-11/h1-5,9,15H,6-8H2,(H,18,19). The second kappa shape index (κ2) is 4.42. The number of amides is 1. The molecular weight excluding hydrogens is 244 g/mol. The van der Waals surface area contributed by atoms with Crippen LogP contribution in [0.25, 0.3) is 10.9 Å². The minimum absolute atomic E-state index is 0.0000463. The highest BCUT2D eigenvalue weighted by molar-refractivity contribution is 6.04. The van der Waals surface area contributed by atoms with Crippen LogP contribution < -0.4 is 4.90 Å². The van der Waals surface area contributed by atoms with Gasteiger partial charge in [0.2, 0.25) is 5.91 Å². The summed E-state index contributed by atoms with van der Waals surface area (Å²) in [6.07, 6.45) is 2.20. The number of carbonyl (C=O) groups is 2. The van der Waals surface area contributed by atoms with Crippen molar-refractivity contribution in [1.82, 2.24) is 4.98 Å². The van der Waals surface area contributed by atoms with Crippen LogP contribution in [0, 0.1) is 5.92 Å². The Bertz CT molecular complexity index is 647. The minimum atomic E-state index is -0.848. The number of rotatable bonds is 3. The summed E-state index contributed by atoms with van der Waals surface area (Å²) in [6.45, 7) is 0.482. The molecule has 1 saturated heterocycles. The highest BCUT2D eigenvalue weighted by Gasteiger charge is 2.32. The van der Waals surface area contributed by atoms with Gasteiger partial charge in [-0.3, -0.25) is 9.59 Å². The fourth-order valence-corrected chi connectivity index (χ4v) is 2.70. The summed E-state index contributed by atoms with van der Waals surface area (Å²) < 4.78 is 0. The number of anilines is 1. The number of aromatic nitrogens is 1. The molecule has 2 aromatic rings. The number of nitrogens with zero attached hydrogens (tertiary/aromatic N) is 1. The molecule has 1 atom stereocenters. The lowest BCUT2D eigenvalue weighted by molar-refractivity contribution is -0.137. The number of aromatic amines is 1. The molecule has 1 fully saturated rings. The van der Waals surface area contributed by atoms with Crippen molar-refractivity contribution in [1.29, 1.82) is 0 Å². The predicted octanol–water partition coefficient (Wildman–Crippen LogP) is 2.00. The summed E-state index contributed by atoms with van der Waals surface area (Å²) in [4.78, 5) is 27.6. The molecule has 1 aromatic heterocycles. The van der Waals surface area contributed by atoms with Crippen LogP contribution in [0.4, 0.5) is 5.69 Å². The molecule has 0 bridgehead atoms. The maximum atomic E-state index is 12.1. The lowest BCUT2D eigenvalue weighted by Crippen LogP contribution is -2.24. The molecule has 1 amide bonds. The number of fused-ring (bicyclic) bond motifs is 1. The van der Waals surface area contributed by atoms with Crippen LogP contribution >= 0.6 is 0 Å². The third kappa shape index (κ3) is 2.07. The number of carboxylic acid groups (broad SMARTS) is 1. The summed E-state index contributed by atoms with van der Waals surface area (Å²) in [5.41, 5.74) is 1.84. The molecular formula is C14H14N2O3. The maximum absolute atomic E-state index is 12.1. The van der Waals surface area contributed by atoms with Gasteiger partial charge in [-0.05, 0) is 24.1 Å². The molecule has 5 heteroatoms. The van der Waals surface area contributed by atoms with Gasteiger partial charge in [0.1, 0.15) is 0 Å². The molecule has 1 aromatic carbocycles. The molecule has 1 aliphatic rings. The molecule has 2 heterocycles. The molecule has 5 nitrogen and oxygen atoms in total.